The van der Waals surface area contributed by atoms with Crippen LogP contribution >= 0.6 is 31.9 Å². The Bertz CT molecular complexity index is 643. The van der Waals surface area contributed by atoms with E-state index < -0.39 is 0 Å². The van der Waals surface area contributed by atoms with Crippen molar-refractivity contribution in [1.82, 2.24) is 0 Å². The molecule has 0 radical (unpaired) electrons. The Hall–Kier alpha value is -1.13. The summed E-state index contributed by atoms with van der Waals surface area (Å²) in [6.07, 6.45) is 1.86. The topological polar surface area (TPSA) is 21.6 Å². The van der Waals surface area contributed by atoms with E-state index in [2.05, 4.69) is 56.8 Å². The molecule has 0 heterocycles. The number of nitrogens with zero attached hydrogens (tertiary/aromatic N) is 1. The number of benzene rings is 2. The normalized spacial score (nSPS) is 11.1. The molecular formula is C16H15Br2NO. The first-order valence-corrected chi connectivity index (χ1v) is 7.75. The Morgan fingerprint density at radius 2 is 1.75 bits per heavy atom. The third-order valence-electron chi connectivity index (χ3n) is 3.15. The third-order valence-corrected chi connectivity index (χ3v) is 4.33. The smallest absolute Gasteiger partial charge is 0.147 e. The van der Waals surface area contributed by atoms with Crippen molar-refractivity contribution in [3.8, 4) is 5.75 Å². The van der Waals surface area contributed by atoms with Gasteiger partial charge in [0, 0.05) is 6.21 Å². The van der Waals surface area contributed by atoms with Gasteiger partial charge in [0.15, 0.2) is 0 Å². The van der Waals surface area contributed by atoms with Gasteiger partial charge in [-0.15, -0.1) is 0 Å². The van der Waals surface area contributed by atoms with Crippen molar-refractivity contribution in [2.75, 3.05) is 7.11 Å². The van der Waals surface area contributed by atoms with E-state index in [9.17, 15) is 0 Å². The molecule has 2 aromatic carbocycles. The van der Waals surface area contributed by atoms with Gasteiger partial charge < -0.3 is 4.74 Å². The predicted octanol–water partition coefficient (Wildman–Crippen LogP) is 5.59. The molecule has 2 aromatic rings. The van der Waals surface area contributed by atoms with E-state index in [-0.39, 0.29) is 0 Å². The van der Waals surface area contributed by atoms with Gasteiger partial charge in [-0.1, -0.05) is 12.1 Å². The van der Waals surface area contributed by atoms with E-state index >= 15 is 0 Å². The molecular weight excluding hydrogens is 382 g/mol. The summed E-state index contributed by atoms with van der Waals surface area (Å²) >= 11 is 6.99. The lowest BCUT2D eigenvalue weighted by atomic mass is 10.1. The van der Waals surface area contributed by atoms with Crippen molar-refractivity contribution < 1.29 is 4.74 Å². The van der Waals surface area contributed by atoms with Gasteiger partial charge in [0.25, 0.3) is 0 Å². The molecule has 0 aliphatic heterocycles. The van der Waals surface area contributed by atoms with Gasteiger partial charge in [-0.05, 0) is 80.6 Å². The number of aliphatic imine (C=N–C) groups is 1. The van der Waals surface area contributed by atoms with Crippen LogP contribution in [-0.2, 0) is 0 Å². The molecule has 4 heteroatoms. The Balaban J connectivity index is 2.35. The third kappa shape index (κ3) is 3.30. The minimum Gasteiger partial charge on any atom is -0.494 e. The van der Waals surface area contributed by atoms with Crippen molar-refractivity contribution in [1.29, 1.82) is 0 Å². The van der Waals surface area contributed by atoms with E-state index in [1.807, 2.05) is 30.5 Å². The first kappa shape index (κ1) is 15.3. The molecule has 0 saturated carbocycles. The molecule has 20 heavy (non-hydrogen) atoms. The lowest BCUT2D eigenvalue weighted by Gasteiger charge is -2.07. The number of rotatable bonds is 3. The molecule has 0 spiro atoms. The summed E-state index contributed by atoms with van der Waals surface area (Å²) in [5.74, 6) is 0.786. The Morgan fingerprint density at radius 1 is 1.10 bits per heavy atom. The fourth-order valence-corrected chi connectivity index (χ4v) is 3.41. The minimum atomic E-state index is 0.786. The lowest BCUT2D eigenvalue weighted by molar-refractivity contribution is 0.409. The van der Waals surface area contributed by atoms with E-state index in [4.69, 9.17) is 4.74 Å². The molecule has 0 unspecified atom stereocenters. The molecule has 0 aromatic heterocycles. The van der Waals surface area contributed by atoms with E-state index in [0.29, 0.717) is 0 Å². The van der Waals surface area contributed by atoms with Crippen LogP contribution in [0.25, 0.3) is 0 Å². The second kappa shape index (κ2) is 6.55. The van der Waals surface area contributed by atoms with Crippen LogP contribution in [0.4, 0.5) is 5.69 Å². The lowest BCUT2D eigenvalue weighted by Crippen LogP contribution is -1.89. The van der Waals surface area contributed by atoms with Gasteiger partial charge in [0.2, 0.25) is 0 Å². The number of halogens is 2. The summed E-state index contributed by atoms with van der Waals surface area (Å²) in [6.45, 7) is 4.18. The molecule has 0 aliphatic rings. The zero-order valence-corrected chi connectivity index (χ0v) is 14.7. The van der Waals surface area contributed by atoms with E-state index in [1.54, 1.807) is 7.11 Å². The fourth-order valence-electron chi connectivity index (χ4n) is 1.87. The molecule has 104 valence electrons. The highest BCUT2D eigenvalue weighted by Crippen LogP contribution is 2.34. The van der Waals surface area contributed by atoms with Crippen LogP contribution in [0.3, 0.4) is 0 Å². The van der Waals surface area contributed by atoms with Crippen molar-refractivity contribution in [2.45, 2.75) is 13.8 Å². The van der Waals surface area contributed by atoms with Gasteiger partial charge in [0.1, 0.15) is 5.75 Å². The predicted molar refractivity (Wildman–Crippen MR) is 91.6 cm³/mol. The molecule has 2 rings (SSSR count). The average molecular weight is 397 g/mol. The van der Waals surface area contributed by atoms with Crippen molar-refractivity contribution >= 4 is 43.8 Å². The van der Waals surface area contributed by atoms with Crippen LogP contribution in [0.5, 0.6) is 5.75 Å². The summed E-state index contributed by atoms with van der Waals surface area (Å²) in [4.78, 5) is 4.57. The average Bonchev–Trinajstić information content (AvgIpc) is 2.40. The summed E-state index contributed by atoms with van der Waals surface area (Å²) in [6, 6.07) is 10.1. The van der Waals surface area contributed by atoms with Gasteiger partial charge in [-0.25, -0.2) is 0 Å². The summed E-state index contributed by atoms with van der Waals surface area (Å²) in [5, 5.41) is 0. The van der Waals surface area contributed by atoms with Crippen LogP contribution < -0.4 is 4.74 Å². The summed E-state index contributed by atoms with van der Waals surface area (Å²) < 4.78 is 7.09. The zero-order valence-electron chi connectivity index (χ0n) is 11.6. The zero-order chi connectivity index (χ0) is 14.7. The number of aryl methyl sites for hydroxylation is 1. The first-order chi connectivity index (χ1) is 9.52. The van der Waals surface area contributed by atoms with Crippen LogP contribution in [-0.4, -0.2) is 13.3 Å². The maximum absolute atomic E-state index is 5.29. The van der Waals surface area contributed by atoms with Crippen LogP contribution in [0.1, 0.15) is 16.7 Å². The maximum Gasteiger partial charge on any atom is 0.147 e. The van der Waals surface area contributed by atoms with E-state index in [0.717, 1.165) is 25.9 Å². The molecule has 0 bridgehead atoms. The molecule has 0 atom stereocenters. The summed E-state index contributed by atoms with van der Waals surface area (Å²) in [7, 11) is 1.65. The number of hydrogen-bond donors (Lipinski definition) is 0. The maximum atomic E-state index is 5.29. The van der Waals surface area contributed by atoms with Crippen LogP contribution in [0.15, 0.2) is 44.3 Å². The highest BCUT2D eigenvalue weighted by Gasteiger charge is 2.06. The van der Waals surface area contributed by atoms with Gasteiger partial charge >= 0.3 is 0 Å². The van der Waals surface area contributed by atoms with Gasteiger partial charge in [-0.3, -0.25) is 4.99 Å². The highest BCUT2D eigenvalue weighted by molar-refractivity contribution is 9.11. The minimum absolute atomic E-state index is 0.786. The second-order valence-electron chi connectivity index (χ2n) is 4.50. The monoisotopic (exact) mass is 395 g/mol. The van der Waals surface area contributed by atoms with Gasteiger partial charge in [-0.2, -0.15) is 0 Å². The Kier molecular flexibility index (Phi) is 5.00. The first-order valence-electron chi connectivity index (χ1n) is 6.16. The van der Waals surface area contributed by atoms with Crippen molar-refractivity contribution in [3.05, 3.63) is 56.0 Å². The van der Waals surface area contributed by atoms with Crippen molar-refractivity contribution in [2.24, 2.45) is 4.99 Å². The highest BCUT2D eigenvalue weighted by atomic mass is 79.9. The number of methoxy groups -OCH3 is 1. The quantitative estimate of drug-likeness (QED) is 0.619. The van der Waals surface area contributed by atoms with Gasteiger partial charge in [0.05, 0.1) is 21.7 Å². The molecule has 0 saturated heterocycles. The number of hydrogen-bond acceptors (Lipinski definition) is 2. The number of ether oxygens (including phenoxy) is 1. The van der Waals surface area contributed by atoms with E-state index in [1.165, 1.54) is 11.1 Å². The van der Waals surface area contributed by atoms with Crippen LogP contribution in [0.2, 0.25) is 0 Å². The molecule has 0 amide bonds. The fraction of sp³-hybridized carbons (Fsp3) is 0.188. The Labute approximate surface area is 136 Å². The molecule has 0 N–H and O–H groups in total. The van der Waals surface area contributed by atoms with Crippen molar-refractivity contribution in [3.63, 3.8) is 0 Å². The largest absolute Gasteiger partial charge is 0.494 e. The second-order valence-corrected chi connectivity index (χ2v) is 6.20. The van der Waals surface area contributed by atoms with Crippen LogP contribution in [0, 0.1) is 13.8 Å². The SMILES string of the molecule is COc1c(Br)cc(C=Nc2cccc(C)c2C)cc1Br. The Morgan fingerprint density at radius 3 is 2.35 bits per heavy atom. The standard InChI is InChI=1S/C16H15Br2NO/c1-10-5-4-6-15(11(10)2)19-9-12-7-13(17)16(20-3)14(18)8-12/h4-9H,1-3H3. The molecule has 0 aliphatic carbocycles. The summed E-state index contributed by atoms with van der Waals surface area (Å²) in [5.41, 5.74) is 4.45. The molecule has 2 nitrogen and oxygen atoms in total. The molecule has 0 fully saturated rings.